The van der Waals surface area contributed by atoms with Crippen molar-refractivity contribution >= 4 is 5.78 Å². The number of carbonyl (C=O) groups is 1. The van der Waals surface area contributed by atoms with Gasteiger partial charge in [-0.15, -0.1) is 0 Å². The lowest BCUT2D eigenvalue weighted by atomic mass is 10.0. The molecule has 0 aliphatic rings. The van der Waals surface area contributed by atoms with Gasteiger partial charge < -0.3 is 0 Å². The minimum atomic E-state index is 0.0992. The van der Waals surface area contributed by atoms with Crippen LogP contribution in [0.25, 0.3) is 11.1 Å². The molecule has 0 saturated heterocycles. The average molecular weight is 212 g/mol. The van der Waals surface area contributed by atoms with E-state index in [4.69, 9.17) is 0 Å². The van der Waals surface area contributed by atoms with Gasteiger partial charge in [-0.25, -0.2) is 4.57 Å². The first kappa shape index (κ1) is 10.6. The number of benzene rings is 1. The highest BCUT2D eigenvalue weighted by Crippen LogP contribution is 2.18. The van der Waals surface area contributed by atoms with Crippen LogP contribution in [-0.4, -0.2) is 5.78 Å². The third kappa shape index (κ3) is 2.16. The Hall–Kier alpha value is -1.96. The van der Waals surface area contributed by atoms with Crippen LogP contribution >= 0.6 is 0 Å². The van der Waals surface area contributed by atoms with Crippen molar-refractivity contribution in [2.45, 2.75) is 6.92 Å². The van der Waals surface area contributed by atoms with Crippen LogP contribution in [0.5, 0.6) is 0 Å². The van der Waals surface area contributed by atoms with Gasteiger partial charge in [0.15, 0.2) is 18.2 Å². The maximum absolute atomic E-state index is 11.3. The Morgan fingerprint density at radius 2 is 1.88 bits per heavy atom. The van der Waals surface area contributed by atoms with E-state index in [1.807, 2.05) is 60.4 Å². The Morgan fingerprint density at radius 1 is 1.12 bits per heavy atom. The number of hydrogen-bond donors (Lipinski definition) is 0. The molecule has 0 amide bonds. The summed E-state index contributed by atoms with van der Waals surface area (Å²) < 4.78 is 2.00. The molecule has 1 heterocycles. The maximum atomic E-state index is 11.3. The highest BCUT2D eigenvalue weighted by atomic mass is 16.1. The van der Waals surface area contributed by atoms with Gasteiger partial charge in [0, 0.05) is 17.2 Å². The molecule has 0 saturated carbocycles. The number of Topliss-reactive ketones (excluding diaryl/α,β-unsaturated/α-hetero) is 1. The van der Waals surface area contributed by atoms with Crippen molar-refractivity contribution in [1.82, 2.24) is 0 Å². The molecule has 0 radical (unpaired) electrons. The predicted octanol–water partition coefficient (Wildman–Crippen LogP) is 2.38. The molecule has 0 unspecified atom stereocenters. The SMILES string of the molecule is CC(=O)c1cccc(-c2ccc[n+](C)c2)c1. The largest absolute Gasteiger partial charge is 0.295 e. The molecule has 2 nitrogen and oxygen atoms in total. The lowest BCUT2D eigenvalue weighted by Crippen LogP contribution is -2.26. The van der Waals surface area contributed by atoms with Crippen LogP contribution in [-0.2, 0) is 7.05 Å². The fourth-order valence-corrected chi connectivity index (χ4v) is 1.68. The maximum Gasteiger partial charge on any atom is 0.176 e. The van der Waals surface area contributed by atoms with Crippen LogP contribution in [0.2, 0.25) is 0 Å². The minimum absolute atomic E-state index is 0.0992. The van der Waals surface area contributed by atoms with Crippen molar-refractivity contribution in [1.29, 1.82) is 0 Å². The van der Waals surface area contributed by atoms with Crippen LogP contribution in [0, 0.1) is 0 Å². The van der Waals surface area contributed by atoms with Gasteiger partial charge >= 0.3 is 0 Å². The average Bonchev–Trinajstić information content (AvgIpc) is 2.29. The van der Waals surface area contributed by atoms with Gasteiger partial charge in [-0.2, -0.15) is 0 Å². The van der Waals surface area contributed by atoms with E-state index in [2.05, 4.69) is 0 Å². The van der Waals surface area contributed by atoms with Crippen molar-refractivity contribution < 1.29 is 9.36 Å². The van der Waals surface area contributed by atoms with Crippen LogP contribution in [0.1, 0.15) is 17.3 Å². The zero-order chi connectivity index (χ0) is 11.5. The molecule has 0 N–H and O–H groups in total. The Balaban J connectivity index is 2.48. The third-order valence-electron chi connectivity index (χ3n) is 2.54. The molecule has 2 aromatic rings. The van der Waals surface area contributed by atoms with Crippen LogP contribution in [0.3, 0.4) is 0 Å². The van der Waals surface area contributed by atoms with Gasteiger partial charge in [0.2, 0.25) is 0 Å². The summed E-state index contributed by atoms with van der Waals surface area (Å²) >= 11 is 0. The Bertz CT molecular complexity index is 532. The van der Waals surface area contributed by atoms with E-state index >= 15 is 0 Å². The molecular formula is C14H14NO+. The van der Waals surface area contributed by atoms with Crippen LogP contribution in [0.4, 0.5) is 0 Å². The summed E-state index contributed by atoms with van der Waals surface area (Å²) in [6.45, 7) is 1.59. The molecule has 2 heteroatoms. The van der Waals surface area contributed by atoms with Gasteiger partial charge in [-0.05, 0) is 24.6 Å². The molecule has 0 bridgehead atoms. The summed E-state index contributed by atoms with van der Waals surface area (Å²) in [6, 6.07) is 11.7. The number of aromatic nitrogens is 1. The van der Waals surface area contributed by atoms with Gasteiger partial charge in [-0.1, -0.05) is 18.2 Å². The molecule has 0 fully saturated rings. The molecule has 0 aliphatic heterocycles. The van der Waals surface area contributed by atoms with E-state index in [1.165, 1.54) is 0 Å². The summed E-state index contributed by atoms with van der Waals surface area (Å²) in [6.07, 6.45) is 4.03. The van der Waals surface area contributed by atoms with Gasteiger partial charge in [0.1, 0.15) is 7.05 Å². The fraction of sp³-hybridized carbons (Fsp3) is 0.143. The van der Waals surface area contributed by atoms with E-state index in [0.29, 0.717) is 0 Å². The van der Waals surface area contributed by atoms with Gasteiger partial charge in [0.05, 0.1) is 0 Å². The second kappa shape index (κ2) is 4.27. The molecular weight excluding hydrogens is 198 g/mol. The summed E-state index contributed by atoms with van der Waals surface area (Å²) in [5.74, 6) is 0.0992. The summed E-state index contributed by atoms with van der Waals surface area (Å²) in [5.41, 5.74) is 2.95. The molecule has 0 spiro atoms. The zero-order valence-corrected chi connectivity index (χ0v) is 9.47. The molecule has 80 valence electrons. The van der Waals surface area contributed by atoms with Crippen LogP contribution in [0.15, 0.2) is 48.8 Å². The Kier molecular flexibility index (Phi) is 2.82. The van der Waals surface area contributed by atoms with E-state index in [-0.39, 0.29) is 5.78 Å². The van der Waals surface area contributed by atoms with Gasteiger partial charge in [0.25, 0.3) is 0 Å². The standard InChI is InChI=1S/C14H14NO/c1-11(16)12-5-3-6-13(9-12)14-7-4-8-15(2)10-14/h3-10H,1-2H3/q+1. The smallest absolute Gasteiger partial charge is 0.176 e. The molecule has 2 rings (SSSR count). The Labute approximate surface area is 95.2 Å². The topological polar surface area (TPSA) is 20.9 Å². The lowest BCUT2D eigenvalue weighted by Gasteiger charge is -2.01. The predicted molar refractivity (Wildman–Crippen MR) is 63.1 cm³/mol. The second-order valence-electron chi connectivity index (χ2n) is 3.90. The molecule has 0 atom stereocenters. The quantitative estimate of drug-likeness (QED) is 0.553. The van der Waals surface area contributed by atoms with Crippen molar-refractivity contribution in [2.75, 3.05) is 0 Å². The first-order chi connectivity index (χ1) is 7.66. The normalized spacial score (nSPS) is 10.1. The Morgan fingerprint density at radius 3 is 2.56 bits per heavy atom. The number of nitrogens with zero attached hydrogens (tertiary/aromatic N) is 1. The third-order valence-corrected chi connectivity index (χ3v) is 2.54. The second-order valence-corrected chi connectivity index (χ2v) is 3.90. The number of pyridine rings is 1. The van der Waals surface area contributed by atoms with E-state index in [0.717, 1.165) is 16.7 Å². The first-order valence-electron chi connectivity index (χ1n) is 5.23. The molecule has 16 heavy (non-hydrogen) atoms. The first-order valence-corrected chi connectivity index (χ1v) is 5.23. The highest BCUT2D eigenvalue weighted by Gasteiger charge is 2.04. The molecule has 0 aliphatic carbocycles. The van der Waals surface area contributed by atoms with Crippen molar-refractivity contribution in [2.24, 2.45) is 7.05 Å². The van der Waals surface area contributed by atoms with Crippen molar-refractivity contribution in [3.05, 3.63) is 54.4 Å². The van der Waals surface area contributed by atoms with E-state index in [9.17, 15) is 4.79 Å². The van der Waals surface area contributed by atoms with Gasteiger partial charge in [-0.3, -0.25) is 4.79 Å². The summed E-state index contributed by atoms with van der Waals surface area (Å²) in [5, 5.41) is 0. The zero-order valence-electron chi connectivity index (χ0n) is 9.47. The number of rotatable bonds is 2. The number of aryl methyl sites for hydroxylation is 1. The lowest BCUT2D eigenvalue weighted by molar-refractivity contribution is -0.671. The summed E-state index contributed by atoms with van der Waals surface area (Å²) in [4.78, 5) is 11.3. The minimum Gasteiger partial charge on any atom is -0.295 e. The fourth-order valence-electron chi connectivity index (χ4n) is 1.68. The van der Waals surface area contributed by atoms with Crippen molar-refractivity contribution in [3.8, 4) is 11.1 Å². The van der Waals surface area contributed by atoms with E-state index in [1.54, 1.807) is 6.92 Å². The summed E-state index contributed by atoms with van der Waals surface area (Å²) in [7, 11) is 1.98. The van der Waals surface area contributed by atoms with Crippen LogP contribution < -0.4 is 4.57 Å². The molecule has 1 aromatic heterocycles. The highest BCUT2D eigenvalue weighted by molar-refractivity contribution is 5.95. The molecule has 1 aromatic carbocycles. The number of ketones is 1. The van der Waals surface area contributed by atoms with E-state index < -0.39 is 0 Å². The van der Waals surface area contributed by atoms with Crippen molar-refractivity contribution in [3.63, 3.8) is 0 Å². The number of carbonyl (C=O) groups excluding carboxylic acids is 1. The number of hydrogen-bond acceptors (Lipinski definition) is 1. The monoisotopic (exact) mass is 212 g/mol.